The molecular weight excluding hydrogens is 308 g/mol. The van der Waals surface area contributed by atoms with Crippen molar-refractivity contribution < 1.29 is 9.90 Å². The third-order valence-corrected chi connectivity index (χ3v) is 4.97. The van der Waals surface area contributed by atoms with Crippen LogP contribution in [0, 0.1) is 19.3 Å². The van der Waals surface area contributed by atoms with Crippen molar-refractivity contribution in [3.8, 4) is 23.6 Å². The number of thiazole rings is 1. The molecule has 3 rings (SSSR count). The third kappa shape index (κ3) is 3.29. The molecule has 1 aliphatic rings. The van der Waals surface area contributed by atoms with Crippen LogP contribution >= 0.6 is 11.3 Å². The van der Waals surface area contributed by atoms with Gasteiger partial charge in [-0.15, -0.1) is 17.8 Å². The Morgan fingerprint density at radius 1 is 1.35 bits per heavy atom. The minimum atomic E-state index is -1.07. The summed E-state index contributed by atoms with van der Waals surface area (Å²) in [6, 6.07) is 7.50. The minimum Gasteiger partial charge on any atom is -0.377 e. The summed E-state index contributed by atoms with van der Waals surface area (Å²) < 4.78 is 0. The molecular formula is C18H18N2O2S. The van der Waals surface area contributed by atoms with Gasteiger partial charge in [-0.2, -0.15) is 0 Å². The first-order chi connectivity index (χ1) is 11.0. The summed E-state index contributed by atoms with van der Waals surface area (Å²) in [7, 11) is 0. The molecule has 0 spiro atoms. The Bertz CT molecular complexity index is 750. The molecule has 1 saturated heterocycles. The molecule has 1 aliphatic heterocycles. The van der Waals surface area contributed by atoms with Crippen molar-refractivity contribution in [2.45, 2.75) is 25.4 Å². The lowest BCUT2D eigenvalue weighted by Gasteiger charge is -2.35. The van der Waals surface area contributed by atoms with E-state index < -0.39 is 5.60 Å². The molecule has 118 valence electrons. The average Bonchev–Trinajstić information content (AvgIpc) is 3.02. The Morgan fingerprint density at radius 3 is 2.52 bits per heavy atom. The van der Waals surface area contributed by atoms with Gasteiger partial charge in [-0.3, -0.25) is 4.79 Å². The number of likely N-dealkylation sites (tertiary alicyclic amines) is 1. The summed E-state index contributed by atoms with van der Waals surface area (Å²) in [5.41, 5.74) is 1.52. The van der Waals surface area contributed by atoms with Gasteiger partial charge >= 0.3 is 0 Å². The molecule has 2 aromatic rings. The normalized spacial score (nSPS) is 16.8. The molecule has 1 amide bonds. The monoisotopic (exact) mass is 326 g/mol. The molecule has 1 N–H and O–H groups in total. The number of aliphatic hydroxyl groups is 1. The van der Waals surface area contributed by atoms with Crippen molar-refractivity contribution >= 4 is 17.2 Å². The van der Waals surface area contributed by atoms with E-state index in [4.69, 9.17) is 6.42 Å². The fourth-order valence-corrected chi connectivity index (χ4v) is 3.31. The second-order valence-corrected chi connectivity index (χ2v) is 6.86. The maximum Gasteiger partial charge on any atom is 0.253 e. The number of amides is 1. The van der Waals surface area contributed by atoms with Crippen LogP contribution in [-0.4, -0.2) is 39.6 Å². The Morgan fingerprint density at radius 2 is 2.00 bits per heavy atom. The lowest BCUT2D eigenvalue weighted by Crippen LogP contribution is -2.45. The van der Waals surface area contributed by atoms with Crippen molar-refractivity contribution in [2.24, 2.45) is 0 Å². The first-order valence-electron chi connectivity index (χ1n) is 7.53. The van der Waals surface area contributed by atoms with E-state index in [9.17, 15) is 9.90 Å². The molecule has 0 unspecified atom stereocenters. The van der Waals surface area contributed by atoms with Crippen LogP contribution in [0.2, 0.25) is 0 Å². The Kier molecular flexibility index (Phi) is 4.20. The van der Waals surface area contributed by atoms with Crippen molar-refractivity contribution in [1.82, 2.24) is 9.88 Å². The van der Waals surface area contributed by atoms with Crippen LogP contribution in [0.3, 0.4) is 0 Å². The second-order valence-electron chi connectivity index (χ2n) is 5.80. The summed E-state index contributed by atoms with van der Waals surface area (Å²) >= 11 is 1.61. The van der Waals surface area contributed by atoms with Crippen molar-refractivity contribution in [3.05, 3.63) is 40.2 Å². The fourth-order valence-electron chi connectivity index (χ4n) is 2.69. The van der Waals surface area contributed by atoms with E-state index >= 15 is 0 Å². The number of nitrogens with zero attached hydrogens (tertiary/aromatic N) is 2. The van der Waals surface area contributed by atoms with E-state index in [2.05, 4.69) is 10.9 Å². The van der Waals surface area contributed by atoms with Gasteiger partial charge in [-0.05, 0) is 19.1 Å². The van der Waals surface area contributed by atoms with E-state index in [1.165, 1.54) is 0 Å². The highest BCUT2D eigenvalue weighted by Crippen LogP contribution is 2.24. The van der Waals surface area contributed by atoms with E-state index in [1.807, 2.05) is 36.6 Å². The molecule has 0 atom stereocenters. The third-order valence-electron chi connectivity index (χ3n) is 4.19. The van der Waals surface area contributed by atoms with Gasteiger partial charge in [-0.25, -0.2) is 4.98 Å². The number of hydrogen-bond acceptors (Lipinski definition) is 4. The lowest BCUT2D eigenvalue weighted by atomic mass is 9.92. The van der Waals surface area contributed by atoms with Gasteiger partial charge in [0.1, 0.15) is 5.60 Å². The van der Waals surface area contributed by atoms with Crippen LogP contribution in [0.25, 0.3) is 11.3 Å². The zero-order valence-electron chi connectivity index (χ0n) is 13.0. The van der Waals surface area contributed by atoms with Crippen LogP contribution < -0.4 is 0 Å². The topological polar surface area (TPSA) is 53.4 Å². The molecule has 1 aromatic carbocycles. The van der Waals surface area contributed by atoms with E-state index in [1.54, 1.807) is 16.2 Å². The van der Waals surface area contributed by atoms with Gasteiger partial charge in [-0.1, -0.05) is 18.1 Å². The highest BCUT2D eigenvalue weighted by atomic mass is 32.1. The molecule has 1 fully saturated rings. The lowest BCUT2D eigenvalue weighted by molar-refractivity contribution is 0.0250. The van der Waals surface area contributed by atoms with E-state index in [-0.39, 0.29) is 5.91 Å². The first kappa shape index (κ1) is 15.7. The molecule has 4 nitrogen and oxygen atoms in total. The predicted octanol–water partition coefficient (Wildman–Crippen LogP) is 2.72. The molecule has 0 aliphatic carbocycles. The van der Waals surface area contributed by atoms with Gasteiger partial charge < -0.3 is 10.0 Å². The number of hydrogen-bond donors (Lipinski definition) is 1. The minimum absolute atomic E-state index is 0.0231. The van der Waals surface area contributed by atoms with Crippen LogP contribution in [0.5, 0.6) is 0 Å². The number of rotatable bonds is 2. The summed E-state index contributed by atoms with van der Waals surface area (Å²) in [4.78, 5) is 18.7. The van der Waals surface area contributed by atoms with Crippen LogP contribution in [0.1, 0.15) is 28.2 Å². The number of carbonyl (C=O) groups excluding carboxylic acids is 1. The molecule has 0 radical (unpaired) electrons. The van der Waals surface area contributed by atoms with Crippen LogP contribution in [0.15, 0.2) is 29.6 Å². The SMILES string of the molecule is C#CC1(O)CCN(C(=O)c2ccc(-c3csc(C)n3)cc2)CC1. The summed E-state index contributed by atoms with van der Waals surface area (Å²) in [5.74, 6) is 2.40. The molecule has 23 heavy (non-hydrogen) atoms. The molecule has 5 heteroatoms. The summed E-state index contributed by atoms with van der Waals surface area (Å²) in [6.07, 6.45) is 6.18. The van der Waals surface area contributed by atoms with Crippen molar-refractivity contribution in [2.75, 3.05) is 13.1 Å². The van der Waals surface area contributed by atoms with Gasteiger partial charge in [0.2, 0.25) is 0 Å². The number of carbonyl (C=O) groups is 1. The van der Waals surface area contributed by atoms with Gasteiger partial charge in [0.15, 0.2) is 0 Å². The smallest absolute Gasteiger partial charge is 0.253 e. The van der Waals surface area contributed by atoms with Gasteiger partial charge in [0.05, 0.1) is 10.7 Å². The summed E-state index contributed by atoms with van der Waals surface area (Å²) in [5, 5.41) is 13.1. The zero-order chi connectivity index (χ0) is 16.4. The number of terminal acetylenes is 1. The maximum atomic E-state index is 12.5. The standard InChI is InChI=1S/C18H18N2O2S/c1-3-18(22)8-10-20(11-9-18)17(21)15-6-4-14(5-7-15)16-12-23-13(2)19-16/h1,4-7,12,22H,8-11H2,2H3. The quantitative estimate of drug-likeness (QED) is 0.863. The van der Waals surface area contributed by atoms with E-state index in [0.29, 0.717) is 31.5 Å². The first-order valence-corrected chi connectivity index (χ1v) is 8.41. The zero-order valence-corrected chi connectivity index (χ0v) is 13.8. The maximum absolute atomic E-state index is 12.5. The molecule has 2 heterocycles. The highest BCUT2D eigenvalue weighted by molar-refractivity contribution is 7.09. The van der Waals surface area contributed by atoms with Gasteiger partial charge in [0.25, 0.3) is 5.91 Å². The molecule has 0 bridgehead atoms. The Hall–Kier alpha value is -2.16. The van der Waals surface area contributed by atoms with Crippen LogP contribution in [-0.2, 0) is 0 Å². The number of benzene rings is 1. The Labute approximate surface area is 139 Å². The fraction of sp³-hybridized carbons (Fsp3) is 0.333. The predicted molar refractivity (Wildman–Crippen MR) is 91.2 cm³/mol. The number of aromatic nitrogens is 1. The Balaban J connectivity index is 1.70. The van der Waals surface area contributed by atoms with Crippen LogP contribution in [0.4, 0.5) is 0 Å². The average molecular weight is 326 g/mol. The second kappa shape index (κ2) is 6.15. The highest BCUT2D eigenvalue weighted by Gasteiger charge is 2.32. The van der Waals surface area contributed by atoms with Crippen molar-refractivity contribution in [3.63, 3.8) is 0 Å². The van der Waals surface area contributed by atoms with E-state index in [0.717, 1.165) is 16.3 Å². The molecule has 0 saturated carbocycles. The number of aryl methyl sites for hydroxylation is 1. The van der Waals surface area contributed by atoms with Crippen molar-refractivity contribution in [1.29, 1.82) is 0 Å². The van der Waals surface area contributed by atoms with Gasteiger partial charge in [0, 0.05) is 42.4 Å². The number of piperidine rings is 1. The summed E-state index contributed by atoms with van der Waals surface area (Å²) in [6.45, 7) is 2.93. The largest absolute Gasteiger partial charge is 0.377 e. The molecule has 1 aromatic heterocycles.